The Balaban J connectivity index is 1.99. The second-order valence-electron chi connectivity index (χ2n) is 5.28. The van der Waals surface area contributed by atoms with E-state index in [4.69, 9.17) is 4.74 Å². The third kappa shape index (κ3) is 1.21. The maximum Gasteiger partial charge on any atom is 0.0962 e. The van der Waals surface area contributed by atoms with Crippen molar-refractivity contribution in [1.82, 2.24) is 4.90 Å². The summed E-state index contributed by atoms with van der Waals surface area (Å²) in [7, 11) is 4.03. The number of thioether (sulfide) groups is 1. The molecule has 16 heavy (non-hydrogen) atoms. The van der Waals surface area contributed by atoms with E-state index in [0.29, 0.717) is 16.7 Å². The van der Waals surface area contributed by atoms with E-state index >= 15 is 0 Å². The Morgan fingerprint density at radius 1 is 1.50 bits per heavy atom. The van der Waals surface area contributed by atoms with Gasteiger partial charge in [-0.15, -0.1) is 11.8 Å². The summed E-state index contributed by atoms with van der Waals surface area (Å²) in [5.41, 5.74) is 1.96. The molecule has 88 valence electrons. The van der Waals surface area contributed by atoms with E-state index in [0.717, 1.165) is 12.2 Å². The molecule has 3 heteroatoms. The van der Waals surface area contributed by atoms with Crippen molar-refractivity contribution >= 4 is 11.8 Å². The van der Waals surface area contributed by atoms with Crippen LogP contribution in [0.15, 0.2) is 23.6 Å². The van der Waals surface area contributed by atoms with Gasteiger partial charge in [-0.3, -0.25) is 0 Å². The van der Waals surface area contributed by atoms with Gasteiger partial charge < -0.3 is 9.64 Å². The van der Waals surface area contributed by atoms with Gasteiger partial charge in [-0.05, 0) is 24.3 Å². The van der Waals surface area contributed by atoms with E-state index < -0.39 is 0 Å². The average Bonchev–Trinajstić information content (AvgIpc) is 2.78. The second kappa shape index (κ2) is 3.46. The highest BCUT2D eigenvalue weighted by Gasteiger charge is 2.55. The SMILES string of the molecule is COC1=CC=C2C(C1)C1(C)CCSC1N2C. The Kier molecular flexibility index (Phi) is 2.29. The lowest BCUT2D eigenvalue weighted by molar-refractivity contribution is 0.199. The minimum atomic E-state index is 0.448. The van der Waals surface area contributed by atoms with Crippen LogP contribution in [0.2, 0.25) is 0 Å². The van der Waals surface area contributed by atoms with Crippen LogP contribution in [0.5, 0.6) is 0 Å². The van der Waals surface area contributed by atoms with Crippen molar-refractivity contribution in [2.75, 3.05) is 19.9 Å². The molecule has 2 fully saturated rings. The summed E-state index contributed by atoms with van der Waals surface area (Å²) in [4.78, 5) is 2.49. The second-order valence-corrected chi connectivity index (χ2v) is 6.46. The fourth-order valence-electron chi connectivity index (χ4n) is 3.49. The first-order valence-corrected chi connectivity index (χ1v) is 7.01. The first-order valence-electron chi connectivity index (χ1n) is 5.96. The Hall–Kier alpha value is -0.570. The molecule has 0 saturated carbocycles. The number of hydrogen-bond acceptors (Lipinski definition) is 3. The van der Waals surface area contributed by atoms with Crippen molar-refractivity contribution < 1.29 is 4.74 Å². The van der Waals surface area contributed by atoms with Crippen molar-refractivity contribution in [3.8, 4) is 0 Å². The van der Waals surface area contributed by atoms with Crippen LogP contribution in [0.3, 0.4) is 0 Å². The van der Waals surface area contributed by atoms with E-state index in [2.05, 4.69) is 42.8 Å². The van der Waals surface area contributed by atoms with E-state index in [-0.39, 0.29) is 0 Å². The molecule has 3 aliphatic rings. The van der Waals surface area contributed by atoms with Crippen LogP contribution in [-0.4, -0.2) is 30.2 Å². The zero-order valence-electron chi connectivity index (χ0n) is 10.2. The standard InChI is InChI=1S/C13H19NOS/c1-13-6-7-16-12(13)14(2)11-5-4-9(15-3)8-10(11)13/h4-5,10,12H,6-8H2,1-3H3. The summed E-state index contributed by atoms with van der Waals surface area (Å²) in [6.45, 7) is 2.46. The fourth-order valence-corrected chi connectivity index (χ4v) is 5.28. The van der Waals surface area contributed by atoms with Gasteiger partial charge in [0.05, 0.1) is 18.2 Å². The van der Waals surface area contributed by atoms with Gasteiger partial charge >= 0.3 is 0 Å². The molecule has 2 aliphatic heterocycles. The highest BCUT2D eigenvalue weighted by atomic mass is 32.2. The van der Waals surface area contributed by atoms with Gasteiger partial charge in [-0.2, -0.15) is 0 Å². The molecule has 3 unspecified atom stereocenters. The van der Waals surface area contributed by atoms with Gasteiger partial charge in [0.25, 0.3) is 0 Å². The maximum atomic E-state index is 5.42. The van der Waals surface area contributed by atoms with E-state index in [1.807, 2.05) is 0 Å². The van der Waals surface area contributed by atoms with Crippen LogP contribution in [0.25, 0.3) is 0 Å². The molecule has 3 rings (SSSR count). The van der Waals surface area contributed by atoms with Crippen LogP contribution in [0, 0.1) is 11.3 Å². The normalized spacial score (nSPS) is 41.3. The molecular formula is C13H19NOS. The van der Waals surface area contributed by atoms with Gasteiger partial charge in [-0.1, -0.05) is 6.92 Å². The van der Waals surface area contributed by atoms with Crippen LogP contribution >= 0.6 is 11.8 Å². The zero-order chi connectivity index (χ0) is 11.3. The lowest BCUT2D eigenvalue weighted by atomic mass is 9.73. The molecule has 0 aromatic rings. The summed E-state index contributed by atoms with van der Waals surface area (Å²) in [5, 5.41) is 0.674. The summed E-state index contributed by atoms with van der Waals surface area (Å²) < 4.78 is 5.42. The molecule has 3 atom stereocenters. The van der Waals surface area contributed by atoms with Crippen molar-refractivity contribution in [2.45, 2.75) is 25.1 Å². The third-order valence-electron chi connectivity index (χ3n) is 4.50. The molecule has 2 saturated heterocycles. The maximum absolute atomic E-state index is 5.42. The third-order valence-corrected chi connectivity index (χ3v) is 6.11. The first-order chi connectivity index (χ1) is 7.66. The minimum absolute atomic E-state index is 0.448. The van der Waals surface area contributed by atoms with Crippen LogP contribution in [0.4, 0.5) is 0 Å². The van der Waals surface area contributed by atoms with E-state index in [1.54, 1.807) is 7.11 Å². The molecule has 0 spiro atoms. The summed E-state index contributed by atoms with van der Waals surface area (Å²) in [6.07, 6.45) is 6.82. The fraction of sp³-hybridized carbons (Fsp3) is 0.692. The van der Waals surface area contributed by atoms with Gasteiger partial charge in [0, 0.05) is 30.5 Å². The van der Waals surface area contributed by atoms with Gasteiger partial charge in [-0.25, -0.2) is 0 Å². The molecule has 1 aliphatic carbocycles. The van der Waals surface area contributed by atoms with Crippen molar-refractivity contribution in [3.05, 3.63) is 23.6 Å². The van der Waals surface area contributed by atoms with E-state index in [1.165, 1.54) is 17.9 Å². The molecule has 0 bridgehead atoms. The van der Waals surface area contributed by atoms with Gasteiger partial charge in [0.15, 0.2) is 0 Å². The lowest BCUT2D eigenvalue weighted by Gasteiger charge is -2.30. The summed E-state index contributed by atoms with van der Waals surface area (Å²) >= 11 is 2.12. The molecule has 2 nitrogen and oxygen atoms in total. The summed E-state index contributed by atoms with van der Waals surface area (Å²) in [6, 6.07) is 0. The minimum Gasteiger partial charge on any atom is -0.501 e. The monoisotopic (exact) mass is 237 g/mol. The zero-order valence-corrected chi connectivity index (χ0v) is 11.0. The number of fused-ring (bicyclic) bond motifs is 3. The number of hydrogen-bond donors (Lipinski definition) is 0. The molecule has 2 heterocycles. The molecular weight excluding hydrogens is 218 g/mol. The predicted octanol–water partition coefficient (Wildman–Crippen LogP) is 2.84. The topological polar surface area (TPSA) is 12.5 Å². The summed E-state index contributed by atoms with van der Waals surface area (Å²) in [5.74, 6) is 3.11. The van der Waals surface area contributed by atoms with Crippen molar-refractivity contribution in [2.24, 2.45) is 11.3 Å². The lowest BCUT2D eigenvalue weighted by Crippen LogP contribution is -2.30. The van der Waals surface area contributed by atoms with Gasteiger partial charge in [0.2, 0.25) is 0 Å². The first kappa shape index (κ1) is 10.6. The van der Waals surface area contributed by atoms with Crippen LogP contribution in [-0.2, 0) is 4.74 Å². The Morgan fingerprint density at radius 3 is 3.06 bits per heavy atom. The van der Waals surface area contributed by atoms with E-state index in [9.17, 15) is 0 Å². The van der Waals surface area contributed by atoms with Crippen molar-refractivity contribution in [1.29, 1.82) is 0 Å². The van der Waals surface area contributed by atoms with Gasteiger partial charge in [0.1, 0.15) is 0 Å². The Labute approximate surface area is 102 Å². The van der Waals surface area contributed by atoms with Crippen LogP contribution < -0.4 is 0 Å². The quantitative estimate of drug-likeness (QED) is 0.696. The number of likely N-dealkylation sites (tertiary alicyclic amines) is 1. The predicted molar refractivity (Wildman–Crippen MR) is 68.0 cm³/mol. The van der Waals surface area contributed by atoms with Crippen molar-refractivity contribution in [3.63, 3.8) is 0 Å². The average molecular weight is 237 g/mol. The Morgan fingerprint density at radius 2 is 2.31 bits per heavy atom. The molecule has 0 amide bonds. The number of ether oxygens (including phenoxy) is 1. The molecule has 0 N–H and O–H groups in total. The Bertz CT molecular complexity index is 376. The number of nitrogens with zero attached hydrogens (tertiary/aromatic N) is 1. The number of allylic oxidation sites excluding steroid dienone is 4. The molecule has 0 aromatic heterocycles. The molecule has 0 radical (unpaired) electrons. The highest BCUT2D eigenvalue weighted by molar-refractivity contribution is 8.00. The number of methoxy groups -OCH3 is 1. The highest BCUT2D eigenvalue weighted by Crippen LogP contribution is 2.60. The largest absolute Gasteiger partial charge is 0.501 e. The number of rotatable bonds is 1. The van der Waals surface area contributed by atoms with Crippen LogP contribution in [0.1, 0.15) is 19.8 Å². The molecule has 0 aromatic carbocycles. The smallest absolute Gasteiger partial charge is 0.0962 e.